The Hall–Kier alpha value is -1.84. The summed E-state index contributed by atoms with van der Waals surface area (Å²) >= 11 is 0. The number of rotatable bonds is 18. The molecule has 0 spiro atoms. The van der Waals surface area contributed by atoms with Gasteiger partial charge in [-0.15, -0.1) is 0 Å². The number of carbonyl (C=O) groups is 5. The number of carbonyl (C=O) groups excluding carboxylic acids is 4. The highest BCUT2D eigenvalue weighted by Gasteiger charge is 2.36. The van der Waals surface area contributed by atoms with Crippen LogP contribution in [0.25, 0.3) is 0 Å². The third-order valence-electron chi connectivity index (χ3n) is 4.44. The van der Waals surface area contributed by atoms with Gasteiger partial charge in [-0.05, 0) is 41.0 Å². The number of hydrogen-bond donors (Lipinski definition) is 3. The van der Waals surface area contributed by atoms with Crippen molar-refractivity contribution in [1.82, 2.24) is 10.2 Å². The number of Topliss-reactive ketones (excluding diaryl/α,β-unsaturated/α-hetero) is 1. The van der Waals surface area contributed by atoms with Crippen LogP contribution in [-0.2, 0) is 47.4 Å². The van der Waals surface area contributed by atoms with E-state index in [1.807, 2.05) is 0 Å². The van der Waals surface area contributed by atoms with Gasteiger partial charge in [0.25, 0.3) is 0 Å². The molecular weight excluding hydrogens is 567 g/mol. The summed E-state index contributed by atoms with van der Waals surface area (Å²) in [6, 6.07) is -2.11. The van der Waals surface area contributed by atoms with Crippen LogP contribution in [0.15, 0.2) is 0 Å². The lowest BCUT2D eigenvalue weighted by Gasteiger charge is -2.29. The number of esters is 2. The van der Waals surface area contributed by atoms with Crippen molar-refractivity contribution in [1.29, 1.82) is 0 Å². The van der Waals surface area contributed by atoms with Crippen LogP contribution in [-0.4, -0.2) is 86.4 Å². The zero-order chi connectivity index (χ0) is 27.9. The first kappa shape index (κ1) is 40.7. The molecular formula is C21H41N2O12PS2. The van der Waals surface area contributed by atoms with Gasteiger partial charge in [-0.1, -0.05) is 0 Å². The van der Waals surface area contributed by atoms with Crippen molar-refractivity contribution in [3.05, 3.63) is 0 Å². The molecule has 0 aliphatic heterocycles. The second kappa shape index (κ2) is 21.0. The molecule has 0 amide bonds. The number of carboxylic acids is 1. The first-order valence-electron chi connectivity index (χ1n) is 11.3. The van der Waals surface area contributed by atoms with Crippen LogP contribution in [0.4, 0.5) is 4.79 Å². The van der Waals surface area contributed by atoms with Crippen LogP contribution in [0.2, 0.25) is 0 Å². The van der Waals surface area contributed by atoms with E-state index in [4.69, 9.17) is 24.1 Å². The van der Waals surface area contributed by atoms with Gasteiger partial charge in [0.1, 0.15) is 12.6 Å². The van der Waals surface area contributed by atoms with E-state index in [1.165, 1.54) is 21.0 Å². The van der Waals surface area contributed by atoms with Crippen LogP contribution in [0, 0.1) is 5.92 Å². The second-order valence-corrected chi connectivity index (χ2v) is 10.4. The van der Waals surface area contributed by atoms with Crippen molar-refractivity contribution in [2.75, 3.05) is 33.3 Å². The quantitative estimate of drug-likeness (QED) is 0.0880. The zero-order valence-electron chi connectivity index (χ0n) is 22.4. The van der Waals surface area contributed by atoms with E-state index in [0.717, 1.165) is 0 Å². The number of hydrogen-bond acceptors (Lipinski definition) is 11. The average molecular weight is 609 g/mol. The van der Waals surface area contributed by atoms with Gasteiger partial charge in [0.2, 0.25) is 14.2 Å². The normalized spacial score (nSPS) is 14.4. The minimum Gasteiger partial charge on any atom is -0.481 e. The minimum atomic E-state index is -3.93. The molecule has 0 rings (SSSR count). The summed E-state index contributed by atoms with van der Waals surface area (Å²) in [5.74, 6) is -4.67. The molecule has 0 aromatic heterocycles. The monoisotopic (exact) mass is 608 g/mol. The van der Waals surface area contributed by atoms with Gasteiger partial charge < -0.3 is 28.8 Å². The zero-order valence-corrected chi connectivity index (χ0v) is 25.3. The van der Waals surface area contributed by atoms with Crippen LogP contribution in [0.5, 0.6) is 0 Å². The van der Waals surface area contributed by atoms with E-state index in [0.29, 0.717) is 0 Å². The molecule has 0 aromatic carbocycles. The number of methoxy groups -OCH3 is 1. The molecule has 0 saturated carbocycles. The maximum Gasteiger partial charge on any atom is 0.511 e. The van der Waals surface area contributed by atoms with Gasteiger partial charge in [0, 0.05) is 19.7 Å². The van der Waals surface area contributed by atoms with E-state index >= 15 is 0 Å². The third kappa shape index (κ3) is 17.6. The highest BCUT2D eigenvalue weighted by molar-refractivity contribution is 7.60. The van der Waals surface area contributed by atoms with Gasteiger partial charge in [-0.25, -0.2) is 15.0 Å². The van der Waals surface area contributed by atoms with Crippen molar-refractivity contribution in [2.24, 2.45) is 5.92 Å². The molecule has 17 heteroatoms. The molecule has 224 valence electrons. The third-order valence-corrected chi connectivity index (χ3v) is 7.01. The molecule has 0 aromatic rings. The SMILES string of the molecule is CCOC(=O)[C@H](C)NP(=O)(CC(CCC(=O)O)C(=O)OCOC(=O)OC(C)C)N[C@@H](C)C(=O)COC.S.S. The molecule has 0 saturated heterocycles. The summed E-state index contributed by atoms with van der Waals surface area (Å²) < 4.78 is 37.8. The standard InChI is InChI=1S/C21H37N2O12P.2H2S/c1-7-32-19(27)15(5)23-36(30,22-14(4)17(24)10-31-6)11-16(8-9-18(25)26)20(28)33-12-34-21(29)35-13(2)3;;/h13-16H,7-12H2,1-6H3,(H,25,26)(H2,22,23,30);2*1H2/t14-,15-,16?,36?;;/m0../s1. The lowest BCUT2D eigenvalue weighted by atomic mass is 10.1. The molecule has 0 heterocycles. The number of aliphatic carboxylic acids is 1. The van der Waals surface area contributed by atoms with Crippen molar-refractivity contribution in [2.45, 2.75) is 65.6 Å². The molecule has 0 aliphatic rings. The Kier molecular flexibility index (Phi) is 22.5. The van der Waals surface area contributed by atoms with Gasteiger partial charge in [-0.2, -0.15) is 27.0 Å². The molecule has 2 unspecified atom stereocenters. The van der Waals surface area contributed by atoms with Crippen molar-refractivity contribution < 1.29 is 57.3 Å². The Balaban J connectivity index is -0.00000612. The fourth-order valence-electron chi connectivity index (χ4n) is 2.80. The predicted molar refractivity (Wildman–Crippen MR) is 146 cm³/mol. The first-order chi connectivity index (χ1) is 16.7. The molecule has 4 atom stereocenters. The summed E-state index contributed by atoms with van der Waals surface area (Å²) in [7, 11) is -2.62. The summed E-state index contributed by atoms with van der Waals surface area (Å²) in [6.07, 6.45) is -2.83. The topological polar surface area (TPSA) is 193 Å². The molecule has 0 radical (unpaired) electrons. The van der Waals surface area contributed by atoms with E-state index in [-0.39, 0.29) is 46.6 Å². The predicted octanol–water partition coefficient (Wildman–Crippen LogP) is 1.68. The summed E-state index contributed by atoms with van der Waals surface area (Å²) in [5, 5.41) is 14.3. The van der Waals surface area contributed by atoms with E-state index in [2.05, 4.69) is 14.9 Å². The lowest BCUT2D eigenvalue weighted by Crippen LogP contribution is -2.44. The number of ketones is 1. The van der Waals surface area contributed by atoms with Gasteiger partial charge >= 0.3 is 24.1 Å². The lowest BCUT2D eigenvalue weighted by molar-refractivity contribution is -0.158. The largest absolute Gasteiger partial charge is 0.511 e. The maximum absolute atomic E-state index is 13.8. The number of carboxylic acid groups (broad SMARTS) is 1. The maximum atomic E-state index is 13.8. The Morgan fingerprint density at radius 2 is 1.47 bits per heavy atom. The minimum absolute atomic E-state index is 0. The van der Waals surface area contributed by atoms with E-state index < -0.39 is 80.8 Å². The first-order valence-corrected chi connectivity index (χ1v) is 13.2. The van der Waals surface area contributed by atoms with Gasteiger partial charge in [0.15, 0.2) is 5.78 Å². The van der Waals surface area contributed by atoms with Crippen molar-refractivity contribution in [3.63, 3.8) is 0 Å². The van der Waals surface area contributed by atoms with Crippen LogP contribution in [0.3, 0.4) is 0 Å². The van der Waals surface area contributed by atoms with Gasteiger partial charge in [0.05, 0.1) is 24.7 Å². The Morgan fingerprint density at radius 1 is 0.895 bits per heavy atom. The molecule has 0 bridgehead atoms. The van der Waals surface area contributed by atoms with Crippen LogP contribution in [0.1, 0.15) is 47.5 Å². The van der Waals surface area contributed by atoms with E-state index in [1.54, 1.807) is 20.8 Å². The highest BCUT2D eigenvalue weighted by atomic mass is 32.1. The fraction of sp³-hybridized carbons (Fsp3) is 0.762. The smallest absolute Gasteiger partial charge is 0.481 e. The Labute approximate surface area is 236 Å². The van der Waals surface area contributed by atoms with Crippen molar-refractivity contribution >= 4 is 64.3 Å². The molecule has 0 aliphatic carbocycles. The fourth-order valence-corrected chi connectivity index (χ4v) is 5.54. The molecule has 0 fully saturated rings. The Morgan fingerprint density at radius 3 is 1.97 bits per heavy atom. The van der Waals surface area contributed by atoms with Gasteiger partial charge in [-0.3, -0.25) is 23.7 Å². The van der Waals surface area contributed by atoms with Crippen LogP contribution < -0.4 is 10.2 Å². The molecule has 14 nitrogen and oxygen atoms in total. The number of ether oxygens (including phenoxy) is 5. The van der Waals surface area contributed by atoms with Crippen LogP contribution >= 0.6 is 34.4 Å². The number of nitrogens with one attached hydrogen (secondary N) is 2. The summed E-state index contributed by atoms with van der Waals surface area (Å²) in [6.45, 7) is 6.53. The average Bonchev–Trinajstić information content (AvgIpc) is 2.75. The highest BCUT2D eigenvalue weighted by Crippen LogP contribution is 2.41. The summed E-state index contributed by atoms with van der Waals surface area (Å²) in [4.78, 5) is 59.6. The summed E-state index contributed by atoms with van der Waals surface area (Å²) in [5.41, 5.74) is 0. The molecule has 3 N–H and O–H groups in total. The van der Waals surface area contributed by atoms with E-state index in [9.17, 15) is 28.5 Å². The second-order valence-electron chi connectivity index (χ2n) is 8.05. The Bertz CT molecular complexity index is 785. The van der Waals surface area contributed by atoms with Crippen molar-refractivity contribution in [3.8, 4) is 0 Å². The molecule has 38 heavy (non-hydrogen) atoms.